The maximum Gasteiger partial charge on any atom is 0.417 e. The van der Waals surface area contributed by atoms with E-state index in [1.165, 1.54) is 18.3 Å². The summed E-state index contributed by atoms with van der Waals surface area (Å²) >= 11 is 8.43. The molecule has 0 radical (unpaired) electrons. The summed E-state index contributed by atoms with van der Waals surface area (Å²) in [6.07, 6.45) is -3.68. The van der Waals surface area contributed by atoms with Gasteiger partial charge in [-0.3, -0.25) is 9.59 Å². The third kappa shape index (κ3) is 6.99. The zero-order valence-corrected chi connectivity index (χ0v) is 17.1. The summed E-state index contributed by atoms with van der Waals surface area (Å²) in [5.41, 5.74) is -0.909. The van der Waals surface area contributed by atoms with Gasteiger partial charge in [0.25, 0.3) is 0 Å². The molecule has 2 heterocycles. The molecule has 0 bridgehead atoms. The van der Waals surface area contributed by atoms with Crippen LogP contribution < -0.4 is 10.6 Å². The van der Waals surface area contributed by atoms with Crippen molar-refractivity contribution in [3.8, 4) is 0 Å². The summed E-state index contributed by atoms with van der Waals surface area (Å²) in [4.78, 5) is 28.1. The van der Waals surface area contributed by atoms with Gasteiger partial charge in [0.05, 0.1) is 23.0 Å². The lowest BCUT2D eigenvalue weighted by Crippen LogP contribution is -2.33. The third-order valence-electron chi connectivity index (χ3n) is 3.45. The minimum Gasteiger partial charge on any atom is -0.355 e. The molecule has 0 aromatic carbocycles. The van der Waals surface area contributed by atoms with Crippen LogP contribution in [-0.2, 0) is 15.8 Å². The molecule has 5 nitrogen and oxygen atoms in total. The van der Waals surface area contributed by atoms with E-state index in [1.54, 1.807) is 0 Å². The number of hydrogen-bond donors (Lipinski definition) is 2. The first-order chi connectivity index (χ1) is 13.2. The van der Waals surface area contributed by atoms with Crippen LogP contribution in [0.3, 0.4) is 0 Å². The first-order valence-corrected chi connectivity index (χ1v) is 10.3. The highest BCUT2D eigenvalue weighted by Gasteiger charge is 2.31. The van der Waals surface area contributed by atoms with Crippen LogP contribution in [0.2, 0.25) is 5.02 Å². The molecule has 1 atom stereocenters. The monoisotopic (exact) mass is 451 g/mol. The van der Waals surface area contributed by atoms with Crippen LogP contribution in [0, 0.1) is 0 Å². The average molecular weight is 452 g/mol. The zero-order chi connectivity index (χ0) is 20.7. The smallest absolute Gasteiger partial charge is 0.355 e. The first kappa shape index (κ1) is 22.5. The molecule has 152 valence electrons. The summed E-state index contributed by atoms with van der Waals surface area (Å²) in [7, 11) is 0. The van der Waals surface area contributed by atoms with Crippen molar-refractivity contribution in [3.05, 3.63) is 45.2 Å². The van der Waals surface area contributed by atoms with Crippen LogP contribution in [-0.4, -0.2) is 29.1 Å². The van der Waals surface area contributed by atoms with E-state index in [2.05, 4.69) is 15.6 Å². The number of carbonyl (C=O) groups is 2. The highest BCUT2D eigenvalue weighted by molar-refractivity contribution is 7.99. The van der Waals surface area contributed by atoms with Gasteiger partial charge in [-0.2, -0.15) is 13.2 Å². The van der Waals surface area contributed by atoms with Crippen molar-refractivity contribution in [2.75, 3.05) is 12.3 Å². The number of rotatable bonds is 8. The Morgan fingerprint density at radius 2 is 2.14 bits per heavy atom. The second-order valence-corrected chi connectivity index (χ2v) is 8.15. The number of aromatic nitrogens is 1. The van der Waals surface area contributed by atoms with Crippen LogP contribution in [0.5, 0.6) is 0 Å². The SMILES string of the molecule is CC(=O)N[C@H](CC(=O)NCCSc1ncc(C(F)(F)F)cc1Cl)c1cccs1. The highest BCUT2D eigenvalue weighted by Crippen LogP contribution is 2.33. The minimum atomic E-state index is -4.50. The largest absolute Gasteiger partial charge is 0.417 e. The van der Waals surface area contributed by atoms with Crippen molar-refractivity contribution in [2.24, 2.45) is 0 Å². The Balaban J connectivity index is 1.81. The first-order valence-electron chi connectivity index (χ1n) is 8.09. The number of thioether (sulfide) groups is 1. The number of nitrogens with one attached hydrogen (secondary N) is 2. The van der Waals surface area contributed by atoms with Gasteiger partial charge in [-0.05, 0) is 17.5 Å². The Hall–Kier alpha value is -1.78. The van der Waals surface area contributed by atoms with Crippen molar-refractivity contribution in [2.45, 2.75) is 30.6 Å². The van der Waals surface area contributed by atoms with Gasteiger partial charge in [-0.15, -0.1) is 23.1 Å². The Bertz CT molecular complexity index is 816. The Morgan fingerprint density at radius 3 is 2.71 bits per heavy atom. The predicted molar refractivity (Wildman–Crippen MR) is 103 cm³/mol. The molecule has 28 heavy (non-hydrogen) atoms. The Labute approximate surface area is 173 Å². The Kier molecular flexibility index (Phi) is 8.14. The minimum absolute atomic E-state index is 0.0873. The quantitative estimate of drug-likeness (QED) is 0.464. The van der Waals surface area contributed by atoms with E-state index in [4.69, 9.17) is 11.6 Å². The fourth-order valence-electron chi connectivity index (χ4n) is 2.24. The van der Waals surface area contributed by atoms with Gasteiger partial charge in [-0.1, -0.05) is 17.7 Å². The van der Waals surface area contributed by atoms with Crippen LogP contribution in [0.1, 0.15) is 29.8 Å². The lowest BCUT2D eigenvalue weighted by molar-refractivity contribution is -0.138. The van der Waals surface area contributed by atoms with Crippen molar-refractivity contribution < 1.29 is 22.8 Å². The van der Waals surface area contributed by atoms with Crippen molar-refractivity contribution >= 4 is 46.5 Å². The molecular weight excluding hydrogens is 435 g/mol. The van der Waals surface area contributed by atoms with Gasteiger partial charge in [0.2, 0.25) is 11.8 Å². The molecule has 2 amide bonds. The van der Waals surface area contributed by atoms with Crippen LogP contribution in [0.4, 0.5) is 13.2 Å². The van der Waals surface area contributed by atoms with Crippen molar-refractivity contribution in [3.63, 3.8) is 0 Å². The molecule has 0 saturated carbocycles. The topological polar surface area (TPSA) is 71.1 Å². The number of halogens is 4. The van der Waals surface area contributed by atoms with E-state index >= 15 is 0 Å². The molecule has 0 aliphatic heterocycles. The molecule has 0 unspecified atom stereocenters. The number of thiophene rings is 1. The van der Waals surface area contributed by atoms with Crippen LogP contribution in [0.15, 0.2) is 34.8 Å². The number of hydrogen-bond acceptors (Lipinski definition) is 5. The molecule has 11 heteroatoms. The van der Waals surface area contributed by atoms with E-state index < -0.39 is 17.8 Å². The molecule has 2 rings (SSSR count). The standard InChI is InChI=1S/C17H17ClF3N3O2S2/c1-10(25)24-13(14-3-2-5-27-14)8-15(26)22-4-6-28-16-12(18)7-11(9-23-16)17(19,20)21/h2-3,5,7,9,13H,4,6,8H2,1H3,(H,22,26)(H,24,25)/t13-/m1/s1. The molecule has 0 spiro atoms. The fraction of sp³-hybridized carbons (Fsp3) is 0.353. The number of alkyl halides is 3. The molecule has 0 aliphatic carbocycles. The van der Waals surface area contributed by atoms with Crippen LogP contribution >= 0.6 is 34.7 Å². The van der Waals surface area contributed by atoms with Crippen LogP contribution in [0.25, 0.3) is 0 Å². The highest BCUT2D eigenvalue weighted by atomic mass is 35.5. The van der Waals surface area contributed by atoms with Gasteiger partial charge in [0, 0.05) is 30.3 Å². The molecule has 2 N–H and O–H groups in total. The average Bonchev–Trinajstić information content (AvgIpc) is 3.12. The predicted octanol–water partition coefficient (Wildman–Crippen LogP) is 4.29. The fourth-order valence-corrected chi connectivity index (χ4v) is 4.07. The molecule has 2 aromatic rings. The number of carbonyl (C=O) groups excluding carboxylic acids is 2. The van der Waals surface area contributed by atoms with Gasteiger partial charge in [-0.25, -0.2) is 4.98 Å². The summed E-state index contributed by atoms with van der Waals surface area (Å²) in [6, 6.07) is 4.10. The van der Waals surface area contributed by atoms with Crippen molar-refractivity contribution in [1.82, 2.24) is 15.6 Å². The number of pyridine rings is 1. The molecule has 2 aromatic heterocycles. The van der Waals surface area contributed by atoms with Crippen molar-refractivity contribution in [1.29, 1.82) is 0 Å². The van der Waals surface area contributed by atoms with E-state index in [0.29, 0.717) is 5.75 Å². The zero-order valence-electron chi connectivity index (χ0n) is 14.7. The van der Waals surface area contributed by atoms with Gasteiger partial charge < -0.3 is 10.6 Å². The molecule has 0 saturated heterocycles. The summed E-state index contributed by atoms with van der Waals surface area (Å²) in [5.74, 6) is -0.0998. The van der Waals surface area contributed by atoms with E-state index in [0.717, 1.165) is 28.9 Å². The maximum absolute atomic E-state index is 12.6. The van der Waals surface area contributed by atoms with Gasteiger partial charge in [0.1, 0.15) is 5.03 Å². The summed E-state index contributed by atoms with van der Waals surface area (Å²) in [6.45, 7) is 1.66. The lowest BCUT2D eigenvalue weighted by Gasteiger charge is -2.16. The second-order valence-electron chi connectivity index (χ2n) is 5.68. The molecule has 0 fully saturated rings. The normalized spacial score (nSPS) is 12.5. The summed E-state index contributed by atoms with van der Waals surface area (Å²) < 4.78 is 37.8. The van der Waals surface area contributed by atoms with E-state index in [1.807, 2.05) is 17.5 Å². The molecular formula is C17H17ClF3N3O2S2. The maximum atomic E-state index is 12.6. The number of amides is 2. The lowest BCUT2D eigenvalue weighted by atomic mass is 10.1. The Morgan fingerprint density at radius 1 is 1.39 bits per heavy atom. The van der Waals surface area contributed by atoms with Gasteiger partial charge in [0.15, 0.2) is 0 Å². The van der Waals surface area contributed by atoms with E-state index in [-0.39, 0.29) is 34.8 Å². The summed E-state index contributed by atoms with van der Waals surface area (Å²) in [5, 5.41) is 7.49. The second kappa shape index (κ2) is 10.1. The number of nitrogens with zero attached hydrogens (tertiary/aromatic N) is 1. The van der Waals surface area contributed by atoms with E-state index in [9.17, 15) is 22.8 Å². The van der Waals surface area contributed by atoms with Gasteiger partial charge >= 0.3 is 6.18 Å². The third-order valence-corrected chi connectivity index (χ3v) is 5.84. The molecule has 0 aliphatic rings.